The van der Waals surface area contributed by atoms with E-state index in [1.54, 1.807) is 17.0 Å². The van der Waals surface area contributed by atoms with Gasteiger partial charge in [0.2, 0.25) is 5.91 Å². The first-order valence-electron chi connectivity index (χ1n) is 18.2. The number of aliphatic hydroxyl groups is 4. The molecule has 7 atom stereocenters. The topological polar surface area (TPSA) is 128 Å². The Morgan fingerprint density at radius 2 is 1.16 bits per heavy atom. The van der Waals surface area contributed by atoms with E-state index < -0.39 is 37.1 Å². The van der Waals surface area contributed by atoms with E-state index in [0.717, 1.165) is 16.8 Å². The number of para-hydroxylation sites is 1. The number of ketones is 1. The molecule has 0 aromatic heterocycles. The highest BCUT2D eigenvalue weighted by molar-refractivity contribution is 6.04. The predicted octanol–water partition coefficient (Wildman–Crippen LogP) is 7.57. The molecule has 0 saturated carbocycles. The number of carbonyl (C=O) groups excluding carboxylic acids is 2. The molecular formula is C41H63NO7. The third-order valence-electron chi connectivity index (χ3n) is 7.78. The smallest absolute Gasteiger partial charge is 0.233 e. The summed E-state index contributed by atoms with van der Waals surface area (Å²) in [4.78, 5) is 27.8. The van der Waals surface area contributed by atoms with E-state index in [2.05, 4.69) is 0 Å². The van der Waals surface area contributed by atoms with Crippen molar-refractivity contribution in [2.24, 2.45) is 5.92 Å². The molecule has 2 aliphatic heterocycles. The van der Waals surface area contributed by atoms with Gasteiger partial charge in [-0.3, -0.25) is 9.59 Å². The van der Waals surface area contributed by atoms with Gasteiger partial charge in [-0.15, -0.1) is 0 Å². The minimum Gasteiger partial charge on any atom is -0.394 e. The first-order valence-corrected chi connectivity index (χ1v) is 18.2. The molecule has 2 heterocycles. The fourth-order valence-corrected chi connectivity index (χ4v) is 5.57. The Balaban J connectivity index is 0.00000212. The molecule has 274 valence electrons. The van der Waals surface area contributed by atoms with Crippen molar-refractivity contribution in [3.8, 4) is 0 Å². The van der Waals surface area contributed by atoms with Crippen LogP contribution in [0.25, 0.3) is 0 Å². The second kappa shape index (κ2) is 25.6. The van der Waals surface area contributed by atoms with Gasteiger partial charge in [0.1, 0.15) is 24.4 Å². The van der Waals surface area contributed by atoms with Crippen LogP contribution in [0.15, 0.2) is 84.9 Å². The molecule has 3 aromatic carbocycles. The van der Waals surface area contributed by atoms with Gasteiger partial charge in [-0.25, -0.2) is 0 Å². The third kappa shape index (κ3) is 12.2. The fourth-order valence-electron chi connectivity index (χ4n) is 5.57. The van der Waals surface area contributed by atoms with Gasteiger partial charge in [0.15, 0.2) is 5.78 Å². The molecule has 0 radical (unpaired) electrons. The number of ether oxygens (including phenoxy) is 1. The molecule has 0 spiro atoms. The summed E-state index contributed by atoms with van der Waals surface area (Å²) >= 11 is 0. The molecule has 49 heavy (non-hydrogen) atoms. The van der Waals surface area contributed by atoms with Crippen LogP contribution in [0.2, 0.25) is 0 Å². The van der Waals surface area contributed by atoms with E-state index in [0.29, 0.717) is 12.0 Å². The second-order valence-electron chi connectivity index (χ2n) is 10.2. The monoisotopic (exact) mass is 681 g/mol. The summed E-state index contributed by atoms with van der Waals surface area (Å²) in [6.45, 7) is 19.5. The fraction of sp³-hybridized carbons (Fsp3) is 0.512. The van der Waals surface area contributed by atoms with Gasteiger partial charge in [-0.1, -0.05) is 142 Å². The first-order chi connectivity index (χ1) is 23.9. The Labute approximate surface area is 295 Å². The lowest BCUT2D eigenvalue weighted by Gasteiger charge is -2.47. The van der Waals surface area contributed by atoms with Crippen LogP contribution in [-0.2, 0) is 16.0 Å². The van der Waals surface area contributed by atoms with E-state index in [4.69, 9.17) is 4.74 Å². The molecule has 3 aromatic rings. The minimum atomic E-state index is -1.42. The molecule has 2 saturated heterocycles. The summed E-state index contributed by atoms with van der Waals surface area (Å²) in [5.74, 6) is -0.346. The molecule has 4 N–H and O–H groups in total. The van der Waals surface area contributed by atoms with Crippen molar-refractivity contribution in [3.63, 3.8) is 0 Å². The number of anilines is 1. The van der Waals surface area contributed by atoms with Crippen molar-refractivity contribution in [1.82, 2.24) is 0 Å². The van der Waals surface area contributed by atoms with Crippen molar-refractivity contribution < 1.29 is 34.8 Å². The number of Topliss-reactive ketones (excluding diaryl/α,β-unsaturated/α-hetero) is 1. The minimum absolute atomic E-state index is 0.00943. The van der Waals surface area contributed by atoms with E-state index in [1.807, 2.05) is 142 Å². The standard InChI is InChI=1S/C31H33NO7.5C2H6/c33-18-26-29(36)30(37)28(35)25(39-26)17-19-11-13-21(14-12-19)27-23(15-16-24(34)20-7-3-1-4-8-20)31(38)32(27)22-9-5-2-6-10-22;5*1-2/h1-14,23,25-30,33,35-37H,15-18H2;5*1-2H3/t23-,25+,26-,27-,28+,29-,30-;;;;;/m1...../s1. The van der Waals surface area contributed by atoms with Crippen molar-refractivity contribution in [3.05, 3.63) is 102 Å². The largest absolute Gasteiger partial charge is 0.394 e. The molecule has 0 bridgehead atoms. The van der Waals surface area contributed by atoms with Gasteiger partial charge in [0.25, 0.3) is 0 Å². The highest BCUT2D eigenvalue weighted by atomic mass is 16.5. The van der Waals surface area contributed by atoms with Crippen LogP contribution in [0.5, 0.6) is 0 Å². The maximum absolute atomic E-state index is 13.3. The molecule has 8 nitrogen and oxygen atoms in total. The Kier molecular flexibility index (Phi) is 23.8. The van der Waals surface area contributed by atoms with Crippen molar-refractivity contribution in [2.75, 3.05) is 11.5 Å². The van der Waals surface area contributed by atoms with Crippen LogP contribution in [-0.4, -0.2) is 69.2 Å². The lowest BCUT2D eigenvalue weighted by atomic mass is 9.78. The lowest BCUT2D eigenvalue weighted by molar-refractivity contribution is -0.228. The highest BCUT2D eigenvalue weighted by Gasteiger charge is 2.48. The predicted molar refractivity (Wildman–Crippen MR) is 201 cm³/mol. The number of hydrogen-bond donors (Lipinski definition) is 4. The summed E-state index contributed by atoms with van der Waals surface area (Å²) in [7, 11) is 0. The summed E-state index contributed by atoms with van der Waals surface area (Å²) in [5, 5.41) is 40.0. The zero-order chi connectivity index (χ0) is 37.5. The number of benzene rings is 3. The van der Waals surface area contributed by atoms with E-state index in [-0.39, 0.29) is 36.5 Å². The molecule has 5 rings (SSSR count). The summed E-state index contributed by atoms with van der Waals surface area (Å²) in [5.41, 5.74) is 3.19. The lowest BCUT2D eigenvalue weighted by Crippen LogP contribution is -2.59. The number of aliphatic hydroxyl groups excluding tert-OH is 4. The molecule has 0 aliphatic carbocycles. The molecule has 2 aliphatic rings. The van der Waals surface area contributed by atoms with Crippen LogP contribution >= 0.6 is 0 Å². The van der Waals surface area contributed by atoms with Crippen LogP contribution < -0.4 is 4.90 Å². The molecule has 2 fully saturated rings. The Morgan fingerprint density at radius 1 is 0.673 bits per heavy atom. The SMILES string of the molecule is CC.CC.CC.CC.CC.O=C(CC[C@H]1C(=O)N(c2ccccc2)[C@@H]1c1ccc(C[C@@H]2O[C@H](CO)[C@@H](O)[C@H](O)[C@H]2O)cc1)c1ccccc1. The number of carbonyl (C=O) groups is 2. The highest BCUT2D eigenvalue weighted by Crippen LogP contribution is 2.45. The second-order valence-corrected chi connectivity index (χ2v) is 10.2. The van der Waals surface area contributed by atoms with Crippen molar-refractivity contribution in [1.29, 1.82) is 0 Å². The number of hydrogen-bond acceptors (Lipinski definition) is 7. The molecule has 8 heteroatoms. The summed E-state index contributed by atoms with van der Waals surface area (Å²) in [6, 6.07) is 25.9. The maximum Gasteiger partial charge on any atom is 0.233 e. The van der Waals surface area contributed by atoms with Crippen molar-refractivity contribution in [2.45, 2.75) is 125 Å². The zero-order valence-electron chi connectivity index (χ0n) is 31.4. The zero-order valence-corrected chi connectivity index (χ0v) is 31.4. The molecule has 1 amide bonds. The average Bonchev–Trinajstić information content (AvgIpc) is 3.19. The van der Waals surface area contributed by atoms with Gasteiger partial charge < -0.3 is 30.1 Å². The maximum atomic E-state index is 13.3. The number of amides is 1. The Morgan fingerprint density at radius 3 is 1.67 bits per heavy atom. The number of nitrogens with zero attached hydrogens (tertiary/aromatic N) is 1. The Bertz CT molecular complexity index is 1270. The van der Waals surface area contributed by atoms with Crippen LogP contribution in [0.1, 0.15) is 110 Å². The van der Waals surface area contributed by atoms with Gasteiger partial charge in [0, 0.05) is 24.1 Å². The van der Waals surface area contributed by atoms with Gasteiger partial charge in [-0.2, -0.15) is 0 Å². The average molecular weight is 682 g/mol. The Hall–Kier alpha value is -3.40. The van der Waals surface area contributed by atoms with E-state index >= 15 is 0 Å². The quantitative estimate of drug-likeness (QED) is 0.136. The van der Waals surface area contributed by atoms with Gasteiger partial charge in [0.05, 0.1) is 24.7 Å². The molecular weight excluding hydrogens is 618 g/mol. The third-order valence-corrected chi connectivity index (χ3v) is 7.78. The van der Waals surface area contributed by atoms with Gasteiger partial charge in [-0.05, 0) is 29.7 Å². The van der Waals surface area contributed by atoms with Gasteiger partial charge >= 0.3 is 0 Å². The normalized spacial score (nSPS) is 23.4. The van der Waals surface area contributed by atoms with E-state index in [9.17, 15) is 30.0 Å². The van der Waals surface area contributed by atoms with Crippen molar-refractivity contribution >= 4 is 17.4 Å². The van der Waals surface area contributed by atoms with E-state index in [1.165, 1.54) is 0 Å². The summed E-state index contributed by atoms with van der Waals surface area (Å²) < 4.78 is 5.65. The van der Waals surface area contributed by atoms with Crippen LogP contribution in [0, 0.1) is 5.92 Å². The summed E-state index contributed by atoms with van der Waals surface area (Å²) in [6.07, 6.45) is -4.88. The number of rotatable bonds is 9. The van der Waals surface area contributed by atoms with Crippen LogP contribution in [0.3, 0.4) is 0 Å². The van der Waals surface area contributed by atoms with Crippen LogP contribution in [0.4, 0.5) is 5.69 Å². The molecule has 0 unspecified atom stereocenters. The first kappa shape index (κ1) is 45.6. The number of β-lactam (4-membered cyclic amide) rings is 1.